The van der Waals surface area contributed by atoms with Crippen molar-refractivity contribution in [1.29, 1.82) is 0 Å². The Labute approximate surface area is 366 Å². The van der Waals surface area contributed by atoms with Crippen molar-refractivity contribution in [1.82, 2.24) is 0 Å². The predicted molar refractivity (Wildman–Crippen MR) is 260 cm³/mol. The van der Waals surface area contributed by atoms with Crippen LogP contribution in [0, 0.1) is 19.3 Å². The molecule has 5 heteroatoms. The molecule has 7 aromatic carbocycles. The monoisotopic (exact) mass is 987 g/mol. The third-order valence-electron chi connectivity index (χ3n) is 11.0. The van der Waals surface area contributed by atoms with Crippen LogP contribution in [0.5, 0.6) is 0 Å². The molecular weight excluding hydrogens is 933 g/mol. The van der Waals surface area contributed by atoms with E-state index in [2.05, 4.69) is 232 Å². The van der Waals surface area contributed by atoms with E-state index in [1.807, 2.05) is 0 Å². The molecule has 294 valence electrons. The fraction of sp³-hybridized carbons (Fsp3) is 0.151. The van der Waals surface area contributed by atoms with Crippen LogP contribution >= 0.6 is 23.8 Å². The van der Waals surface area contributed by atoms with E-state index in [1.54, 1.807) is 0 Å². The normalized spacial score (nSPS) is 13.2. The van der Waals surface area contributed by atoms with Gasteiger partial charge < -0.3 is 0 Å². The largest absolute Gasteiger partial charge is 0.209 e. The minimum absolute atomic E-state index is 0. The second kappa shape index (κ2) is 24.0. The van der Waals surface area contributed by atoms with Gasteiger partial charge in [0.2, 0.25) is 0 Å². The molecule has 0 aliphatic heterocycles. The first-order chi connectivity index (χ1) is 28.3. The average molecular weight is 987 g/mol. The summed E-state index contributed by atoms with van der Waals surface area (Å²) in [6.45, 7) is 0. The second-order valence-electron chi connectivity index (χ2n) is 15.0. The SMILES string of the molecule is [CH]1[CH]CCCCC[CH]1.[Ir].c1ccc(P(C[B-](CP(c2ccccc2)c2ccccc2)(CP(c2ccccc2)c2ccccc2)c2ccccc2)c2ccccc2)cc1. The molecule has 0 heterocycles. The first kappa shape index (κ1) is 44.1. The van der Waals surface area contributed by atoms with E-state index in [1.165, 1.54) is 69.4 Å². The summed E-state index contributed by atoms with van der Waals surface area (Å²) in [5.74, 6) is 0. The quantitative estimate of drug-likeness (QED) is 0.0798. The van der Waals surface area contributed by atoms with Gasteiger partial charge in [0.25, 0.3) is 0 Å². The van der Waals surface area contributed by atoms with Crippen molar-refractivity contribution >= 4 is 67.2 Å². The van der Waals surface area contributed by atoms with Crippen LogP contribution in [-0.2, 0) is 20.1 Å². The van der Waals surface area contributed by atoms with Gasteiger partial charge in [-0.1, -0.05) is 255 Å². The molecule has 0 amide bonds. The van der Waals surface area contributed by atoms with Crippen LogP contribution in [0.2, 0.25) is 0 Å². The number of rotatable bonds is 13. The summed E-state index contributed by atoms with van der Waals surface area (Å²) >= 11 is 0. The summed E-state index contributed by atoms with van der Waals surface area (Å²) in [6, 6.07) is 83.2. The van der Waals surface area contributed by atoms with Crippen molar-refractivity contribution in [3.63, 3.8) is 0 Å². The second-order valence-corrected chi connectivity index (χ2v) is 21.8. The zero-order chi connectivity index (χ0) is 38.8. The third-order valence-corrected chi connectivity index (χ3v) is 19.7. The van der Waals surface area contributed by atoms with Crippen LogP contribution in [0.4, 0.5) is 0 Å². The summed E-state index contributed by atoms with van der Waals surface area (Å²) in [7, 11) is -1.95. The molecule has 58 heavy (non-hydrogen) atoms. The molecule has 7 aromatic rings. The molecule has 1 saturated carbocycles. The van der Waals surface area contributed by atoms with E-state index >= 15 is 0 Å². The van der Waals surface area contributed by atoms with Crippen LogP contribution < -0.4 is 37.3 Å². The van der Waals surface area contributed by atoms with Gasteiger partial charge in [-0.15, -0.1) is 18.2 Å². The molecule has 8 rings (SSSR count). The van der Waals surface area contributed by atoms with Crippen molar-refractivity contribution in [3.05, 3.63) is 232 Å². The maximum Gasteiger partial charge on any atom is 0.0432 e. The first-order valence-electron chi connectivity index (χ1n) is 20.7. The Morgan fingerprint density at radius 3 is 0.810 bits per heavy atom. The Hall–Kier alpha value is -3.46. The van der Waals surface area contributed by atoms with Gasteiger partial charge >= 0.3 is 0 Å². The molecule has 0 unspecified atom stereocenters. The van der Waals surface area contributed by atoms with E-state index < -0.39 is 29.9 Å². The van der Waals surface area contributed by atoms with Crippen molar-refractivity contribution < 1.29 is 20.1 Å². The maximum atomic E-state index is 2.45. The van der Waals surface area contributed by atoms with E-state index in [4.69, 9.17) is 0 Å². The minimum atomic E-state index is -1.14. The number of hydrogen-bond acceptors (Lipinski definition) is 0. The smallest absolute Gasteiger partial charge is 0.0432 e. The standard InChI is InChI=1S/C45H41BP3.C8H13.Ir/c1-8-22-39(23-9-1)46(36-47(40-24-10-2-11-25-40)41-26-12-3-13-27-41,37-48(42-28-14-4-15-29-42)43-30-16-5-17-31-43)38-49(44-32-18-6-19-33-44)45-34-20-7-21-35-45;1-2-4-6-8-7-5-3-1;/h1-35H,36-38H2;1-3H,4-8H2;/q-1;;. The van der Waals surface area contributed by atoms with Crippen LogP contribution in [-0.4, -0.2) is 24.3 Å². The fourth-order valence-electron chi connectivity index (χ4n) is 8.12. The summed E-state index contributed by atoms with van der Waals surface area (Å²) in [4.78, 5) is 0. The van der Waals surface area contributed by atoms with Gasteiger partial charge in [0.05, 0.1) is 0 Å². The van der Waals surface area contributed by atoms with E-state index in [0.717, 1.165) is 18.2 Å². The van der Waals surface area contributed by atoms with Gasteiger partial charge in [-0.3, -0.25) is 0 Å². The van der Waals surface area contributed by atoms with E-state index in [9.17, 15) is 0 Å². The van der Waals surface area contributed by atoms with Crippen LogP contribution in [0.3, 0.4) is 0 Å². The van der Waals surface area contributed by atoms with Crippen molar-refractivity contribution in [2.75, 3.05) is 18.2 Å². The molecule has 0 saturated heterocycles. The maximum absolute atomic E-state index is 2.45. The molecule has 1 aliphatic carbocycles. The Morgan fingerprint density at radius 1 is 0.310 bits per heavy atom. The third kappa shape index (κ3) is 12.5. The van der Waals surface area contributed by atoms with Crippen LogP contribution in [0.1, 0.15) is 32.1 Å². The predicted octanol–water partition coefficient (Wildman–Crippen LogP) is 10.9. The van der Waals surface area contributed by atoms with E-state index in [-0.39, 0.29) is 20.1 Å². The molecule has 0 bridgehead atoms. The molecule has 0 spiro atoms. The Balaban J connectivity index is 0.000000564. The summed E-state index contributed by atoms with van der Waals surface area (Å²) < 4.78 is 0. The topological polar surface area (TPSA) is 0 Å². The van der Waals surface area contributed by atoms with Crippen molar-refractivity contribution in [2.24, 2.45) is 0 Å². The molecule has 0 atom stereocenters. The fourth-order valence-corrected chi connectivity index (χ4v) is 17.6. The van der Waals surface area contributed by atoms with Gasteiger partial charge in [-0.25, -0.2) is 5.46 Å². The Morgan fingerprint density at radius 2 is 0.552 bits per heavy atom. The van der Waals surface area contributed by atoms with Gasteiger partial charge in [0.15, 0.2) is 0 Å². The molecule has 1 fully saturated rings. The average Bonchev–Trinajstić information content (AvgIpc) is 3.28. The molecule has 1 aliphatic rings. The molecular formula is C53H54BIrP3-. The minimum Gasteiger partial charge on any atom is -0.209 e. The Bertz CT molecular complexity index is 1780. The summed E-state index contributed by atoms with van der Waals surface area (Å²) in [5, 5.41) is 8.74. The zero-order valence-electron chi connectivity index (χ0n) is 33.3. The van der Waals surface area contributed by atoms with Gasteiger partial charge in [0.1, 0.15) is 0 Å². The van der Waals surface area contributed by atoms with Crippen molar-refractivity contribution in [3.8, 4) is 0 Å². The number of benzene rings is 7. The zero-order valence-corrected chi connectivity index (χ0v) is 38.4. The Kier molecular flexibility index (Phi) is 18.2. The molecule has 0 N–H and O–H groups in total. The molecule has 0 aromatic heterocycles. The van der Waals surface area contributed by atoms with Gasteiger partial charge in [-0.05, 0) is 63.9 Å². The van der Waals surface area contributed by atoms with E-state index in [0.29, 0.717) is 0 Å². The van der Waals surface area contributed by atoms with Crippen LogP contribution in [0.15, 0.2) is 212 Å². The van der Waals surface area contributed by atoms with Gasteiger partial charge in [0, 0.05) is 26.3 Å². The van der Waals surface area contributed by atoms with Crippen molar-refractivity contribution in [2.45, 2.75) is 32.1 Å². The summed E-state index contributed by atoms with van der Waals surface area (Å²) in [6.07, 6.45) is 12.4. The summed E-state index contributed by atoms with van der Waals surface area (Å²) in [5.41, 5.74) is 1.51. The van der Waals surface area contributed by atoms with Gasteiger partial charge in [-0.2, -0.15) is 0 Å². The number of hydrogen-bond donors (Lipinski definition) is 0. The molecule has 4 radical (unpaired) electrons. The first-order valence-corrected chi connectivity index (χ1v) is 25.2. The molecule has 0 nitrogen and oxygen atoms in total. The van der Waals surface area contributed by atoms with Crippen LogP contribution in [0.25, 0.3) is 0 Å².